The van der Waals surface area contributed by atoms with Crippen molar-refractivity contribution in [1.29, 1.82) is 0 Å². The summed E-state index contributed by atoms with van der Waals surface area (Å²) in [6.45, 7) is 3.93. The highest BCUT2D eigenvalue weighted by molar-refractivity contribution is 7.90. The van der Waals surface area contributed by atoms with Gasteiger partial charge in [0.1, 0.15) is 22.0 Å². The number of benzene rings is 2. The zero-order valence-corrected chi connectivity index (χ0v) is 22.1. The van der Waals surface area contributed by atoms with E-state index < -0.39 is 9.84 Å². The fraction of sp³-hybridized carbons (Fsp3) is 0.308. The average molecular weight is 523 g/mol. The maximum absolute atomic E-state index is 12.3. The van der Waals surface area contributed by atoms with E-state index in [4.69, 9.17) is 9.47 Å². The van der Waals surface area contributed by atoms with Crippen LogP contribution in [-0.4, -0.2) is 74.4 Å². The Morgan fingerprint density at radius 2 is 1.70 bits per heavy atom. The van der Waals surface area contributed by atoms with E-state index in [9.17, 15) is 8.42 Å². The number of anilines is 3. The van der Waals surface area contributed by atoms with Crippen LogP contribution in [0.1, 0.15) is 0 Å². The van der Waals surface area contributed by atoms with Gasteiger partial charge in [0, 0.05) is 57.4 Å². The Bertz CT molecular complexity index is 1540. The first-order valence-corrected chi connectivity index (χ1v) is 13.8. The van der Waals surface area contributed by atoms with E-state index in [0.29, 0.717) is 28.4 Å². The average Bonchev–Trinajstić information content (AvgIpc) is 3.25. The second kappa shape index (κ2) is 9.91. The van der Waals surface area contributed by atoms with Crippen molar-refractivity contribution in [3.05, 3.63) is 54.7 Å². The van der Waals surface area contributed by atoms with E-state index in [1.54, 1.807) is 25.3 Å². The van der Waals surface area contributed by atoms with Crippen LogP contribution in [0.4, 0.5) is 17.3 Å². The molecule has 3 heterocycles. The molecule has 0 radical (unpaired) electrons. The van der Waals surface area contributed by atoms with Crippen molar-refractivity contribution in [2.45, 2.75) is 4.90 Å². The normalized spacial score (nSPS) is 14.6. The molecule has 0 amide bonds. The Morgan fingerprint density at radius 1 is 0.946 bits per heavy atom. The van der Waals surface area contributed by atoms with E-state index in [1.165, 1.54) is 6.07 Å². The molecule has 0 unspecified atom stereocenters. The number of fused-ring (bicyclic) bond motifs is 1. The first kappa shape index (κ1) is 24.8. The second-order valence-corrected chi connectivity index (χ2v) is 11.1. The summed E-state index contributed by atoms with van der Waals surface area (Å²) in [6, 6.07) is 14.4. The van der Waals surface area contributed by atoms with Crippen LogP contribution in [0.2, 0.25) is 0 Å². The predicted octanol–water partition coefficient (Wildman–Crippen LogP) is 3.67. The molecule has 2 aromatic carbocycles. The van der Waals surface area contributed by atoms with Gasteiger partial charge in [-0.05, 0) is 37.4 Å². The first-order valence-electron chi connectivity index (χ1n) is 11.9. The Hall–Kier alpha value is -3.83. The largest absolute Gasteiger partial charge is 0.494 e. The summed E-state index contributed by atoms with van der Waals surface area (Å²) in [5.74, 6) is 1.41. The summed E-state index contributed by atoms with van der Waals surface area (Å²) in [5.41, 5.74) is 2.43. The summed E-state index contributed by atoms with van der Waals surface area (Å²) in [7, 11) is 2.14. The molecular formula is C26H30N6O4S. The summed E-state index contributed by atoms with van der Waals surface area (Å²) in [4.78, 5) is 14.0. The first-order chi connectivity index (χ1) is 17.7. The highest BCUT2D eigenvalue weighted by Crippen LogP contribution is 2.35. The van der Waals surface area contributed by atoms with Gasteiger partial charge in [-0.25, -0.2) is 8.42 Å². The molecule has 0 saturated carbocycles. The van der Waals surface area contributed by atoms with Gasteiger partial charge in [-0.1, -0.05) is 12.1 Å². The fourth-order valence-electron chi connectivity index (χ4n) is 4.35. The van der Waals surface area contributed by atoms with Gasteiger partial charge in [0.05, 0.1) is 18.2 Å². The number of aromatic nitrogens is 3. The van der Waals surface area contributed by atoms with Crippen LogP contribution in [0.25, 0.3) is 11.0 Å². The molecule has 0 bridgehead atoms. The van der Waals surface area contributed by atoms with Crippen molar-refractivity contribution in [2.75, 3.05) is 56.8 Å². The molecule has 4 aromatic rings. The molecule has 1 fully saturated rings. The summed E-state index contributed by atoms with van der Waals surface area (Å²) >= 11 is 0. The molecule has 0 aliphatic carbocycles. The van der Waals surface area contributed by atoms with Gasteiger partial charge >= 0.3 is 0 Å². The van der Waals surface area contributed by atoms with Crippen LogP contribution in [0.15, 0.2) is 59.6 Å². The number of sulfone groups is 1. The van der Waals surface area contributed by atoms with Crippen molar-refractivity contribution in [2.24, 2.45) is 7.05 Å². The van der Waals surface area contributed by atoms with Crippen molar-refractivity contribution in [3.8, 4) is 17.4 Å². The zero-order valence-electron chi connectivity index (χ0n) is 21.3. The molecular weight excluding hydrogens is 492 g/mol. The minimum absolute atomic E-state index is 0.0911. The quantitative estimate of drug-likeness (QED) is 0.389. The summed E-state index contributed by atoms with van der Waals surface area (Å²) < 4.78 is 38.2. The molecule has 2 aromatic heterocycles. The number of rotatable bonds is 7. The van der Waals surface area contributed by atoms with Gasteiger partial charge in [-0.15, -0.1) is 0 Å². The van der Waals surface area contributed by atoms with Crippen LogP contribution in [0.3, 0.4) is 0 Å². The molecule has 1 aliphatic rings. The van der Waals surface area contributed by atoms with Crippen LogP contribution >= 0.6 is 0 Å². The maximum Gasteiger partial charge on any atom is 0.233 e. The molecule has 1 saturated heterocycles. The van der Waals surface area contributed by atoms with Gasteiger partial charge in [0.25, 0.3) is 0 Å². The third-order valence-electron chi connectivity index (χ3n) is 6.44. The summed E-state index contributed by atoms with van der Waals surface area (Å²) in [6.07, 6.45) is 3.00. The maximum atomic E-state index is 12.3. The lowest BCUT2D eigenvalue weighted by atomic mass is 10.2. The number of likely N-dealkylation sites (N-methyl/N-ethyl adjacent to an activating group) is 1. The standard InChI is InChI=1S/C26H30N6O4S/c1-30-13-15-32(16-14-30)18-9-10-20(22(17-18)35-3)27-26-28-24-19(11-12-31(24)2)25(29-26)36-21-7-5-6-8-23(21)37(4,33)34/h5-12,17H,13-16H2,1-4H3,(H,27,28,29). The Morgan fingerprint density at radius 3 is 2.43 bits per heavy atom. The van der Waals surface area contributed by atoms with E-state index in [1.807, 2.05) is 36.0 Å². The molecule has 37 heavy (non-hydrogen) atoms. The summed E-state index contributed by atoms with van der Waals surface area (Å²) in [5, 5.41) is 3.92. The molecule has 5 rings (SSSR count). The number of ether oxygens (including phenoxy) is 2. The minimum atomic E-state index is -3.50. The van der Waals surface area contributed by atoms with Crippen LogP contribution in [0.5, 0.6) is 17.4 Å². The molecule has 10 nitrogen and oxygen atoms in total. The smallest absolute Gasteiger partial charge is 0.233 e. The topological polar surface area (TPSA) is 102 Å². The Balaban J connectivity index is 1.49. The lowest BCUT2D eigenvalue weighted by molar-refractivity contribution is 0.312. The Kier molecular flexibility index (Phi) is 6.65. The molecule has 11 heteroatoms. The number of methoxy groups -OCH3 is 1. The molecule has 194 valence electrons. The van der Waals surface area contributed by atoms with Gasteiger partial charge in [0.2, 0.25) is 11.8 Å². The number of piperazine rings is 1. The molecule has 0 spiro atoms. The predicted molar refractivity (Wildman–Crippen MR) is 144 cm³/mol. The fourth-order valence-corrected chi connectivity index (χ4v) is 5.15. The lowest BCUT2D eigenvalue weighted by Crippen LogP contribution is -2.44. The molecule has 1 aliphatic heterocycles. The SMILES string of the molecule is COc1cc(N2CCN(C)CC2)ccc1Nc1nc(Oc2ccccc2S(C)(=O)=O)c2ccn(C)c2n1. The second-order valence-electron chi connectivity index (χ2n) is 9.14. The van der Waals surface area contributed by atoms with Gasteiger partial charge < -0.3 is 29.2 Å². The molecule has 0 atom stereocenters. The van der Waals surface area contributed by atoms with Crippen molar-refractivity contribution < 1.29 is 17.9 Å². The lowest BCUT2D eigenvalue weighted by Gasteiger charge is -2.34. The van der Waals surface area contributed by atoms with Gasteiger partial charge in [-0.3, -0.25) is 0 Å². The van der Waals surface area contributed by atoms with Gasteiger partial charge in [0.15, 0.2) is 9.84 Å². The van der Waals surface area contributed by atoms with E-state index >= 15 is 0 Å². The monoisotopic (exact) mass is 522 g/mol. The minimum Gasteiger partial charge on any atom is -0.494 e. The molecule has 1 N–H and O–H groups in total. The zero-order chi connectivity index (χ0) is 26.2. The number of nitrogens with one attached hydrogen (secondary N) is 1. The highest BCUT2D eigenvalue weighted by Gasteiger charge is 2.20. The third-order valence-corrected chi connectivity index (χ3v) is 7.58. The number of hydrogen-bond acceptors (Lipinski definition) is 9. The van der Waals surface area contributed by atoms with Crippen molar-refractivity contribution in [1.82, 2.24) is 19.4 Å². The van der Waals surface area contributed by atoms with Crippen LogP contribution in [-0.2, 0) is 16.9 Å². The van der Waals surface area contributed by atoms with E-state index in [2.05, 4.69) is 38.2 Å². The van der Waals surface area contributed by atoms with Crippen LogP contribution < -0.4 is 19.7 Å². The number of aryl methyl sites for hydroxylation is 1. The Labute approximate surface area is 216 Å². The number of nitrogens with zero attached hydrogens (tertiary/aromatic N) is 5. The highest BCUT2D eigenvalue weighted by atomic mass is 32.2. The van der Waals surface area contributed by atoms with Crippen LogP contribution in [0, 0.1) is 0 Å². The third kappa shape index (κ3) is 5.18. The van der Waals surface area contributed by atoms with Gasteiger partial charge in [-0.2, -0.15) is 9.97 Å². The van der Waals surface area contributed by atoms with E-state index in [-0.39, 0.29) is 16.5 Å². The number of hydrogen-bond donors (Lipinski definition) is 1. The van der Waals surface area contributed by atoms with Crippen molar-refractivity contribution in [3.63, 3.8) is 0 Å². The van der Waals surface area contributed by atoms with Crippen molar-refractivity contribution >= 4 is 38.2 Å². The van der Waals surface area contributed by atoms with E-state index in [0.717, 1.165) is 38.1 Å². The number of para-hydroxylation sites is 1.